The van der Waals surface area contributed by atoms with Gasteiger partial charge in [-0.2, -0.15) is 13.2 Å². The van der Waals surface area contributed by atoms with Crippen molar-refractivity contribution >= 4 is 23.6 Å². The molecule has 1 aromatic carbocycles. The highest BCUT2D eigenvalue weighted by Gasteiger charge is 2.32. The van der Waals surface area contributed by atoms with Crippen molar-refractivity contribution in [3.8, 4) is 0 Å². The second-order valence-electron chi connectivity index (χ2n) is 5.24. The average molecular weight is 346 g/mol. The van der Waals surface area contributed by atoms with Gasteiger partial charge in [0.2, 0.25) is 11.8 Å². The number of hydrogen-bond acceptors (Lipinski definition) is 3. The molecule has 1 heterocycles. The van der Waals surface area contributed by atoms with Crippen LogP contribution in [0.1, 0.15) is 18.1 Å². The number of carbonyl (C=O) groups is 2. The Morgan fingerprint density at radius 3 is 2.52 bits per heavy atom. The molecule has 0 aliphatic carbocycles. The third-order valence-corrected chi connectivity index (χ3v) is 4.60. The number of amides is 2. The van der Waals surface area contributed by atoms with E-state index >= 15 is 0 Å². The maximum Gasteiger partial charge on any atom is 0.416 e. The number of thioether (sulfide) groups is 1. The normalized spacial score (nSPS) is 18.1. The Hall–Kier alpha value is -1.70. The topological polar surface area (TPSA) is 49.4 Å². The van der Waals surface area contributed by atoms with Crippen LogP contribution in [-0.4, -0.2) is 40.9 Å². The molecule has 1 saturated heterocycles. The van der Waals surface area contributed by atoms with E-state index in [0.717, 1.165) is 12.1 Å². The van der Waals surface area contributed by atoms with E-state index in [1.807, 2.05) is 0 Å². The van der Waals surface area contributed by atoms with E-state index in [4.69, 9.17) is 0 Å². The molecule has 0 aromatic heterocycles. The fraction of sp³-hybridized carbons (Fsp3) is 0.467. The van der Waals surface area contributed by atoms with Crippen LogP contribution in [0.2, 0.25) is 0 Å². The number of halogens is 3. The van der Waals surface area contributed by atoms with Crippen molar-refractivity contribution in [1.82, 2.24) is 10.2 Å². The first-order valence-corrected chi connectivity index (χ1v) is 8.23. The van der Waals surface area contributed by atoms with E-state index in [1.54, 1.807) is 0 Å². The maximum absolute atomic E-state index is 12.5. The van der Waals surface area contributed by atoms with E-state index in [1.165, 1.54) is 35.7 Å². The van der Waals surface area contributed by atoms with Gasteiger partial charge in [0.25, 0.3) is 0 Å². The molecule has 1 atom stereocenters. The number of hydrogen-bond donors (Lipinski definition) is 1. The molecule has 1 fully saturated rings. The summed E-state index contributed by atoms with van der Waals surface area (Å²) in [7, 11) is 0. The van der Waals surface area contributed by atoms with Gasteiger partial charge in [-0.05, 0) is 24.1 Å². The molecule has 23 heavy (non-hydrogen) atoms. The van der Waals surface area contributed by atoms with Gasteiger partial charge < -0.3 is 10.2 Å². The molecular formula is C15H17F3N2O2S. The summed E-state index contributed by atoms with van der Waals surface area (Å²) in [4.78, 5) is 25.0. The highest BCUT2D eigenvalue weighted by Crippen LogP contribution is 2.29. The fourth-order valence-corrected chi connectivity index (χ4v) is 3.50. The molecule has 126 valence electrons. The minimum atomic E-state index is -4.34. The molecule has 0 saturated carbocycles. The first kappa shape index (κ1) is 17.7. The summed E-state index contributed by atoms with van der Waals surface area (Å²) in [6.07, 6.45) is -3.91. The molecule has 1 aliphatic heterocycles. The molecule has 1 unspecified atom stereocenters. The third kappa shape index (κ3) is 4.63. The minimum Gasteiger partial charge on any atom is -0.354 e. The first-order valence-electron chi connectivity index (χ1n) is 7.08. The lowest BCUT2D eigenvalue weighted by molar-refractivity contribution is -0.137. The smallest absolute Gasteiger partial charge is 0.354 e. The van der Waals surface area contributed by atoms with Crippen LogP contribution in [0.3, 0.4) is 0 Å². The van der Waals surface area contributed by atoms with Gasteiger partial charge in [-0.1, -0.05) is 12.1 Å². The second kappa shape index (κ2) is 7.25. The predicted molar refractivity (Wildman–Crippen MR) is 81.8 cm³/mol. The van der Waals surface area contributed by atoms with Crippen molar-refractivity contribution in [1.29, 1.82) is 0 Å². The van der Waals surface area contributed by atoms with Gasteiger partial charge in [0, 0.05) is 19.2 Å². The van der Waals surface area contributed by atoms with E-state index in [9.17, 15) is 22.8 Å². The number of benzene rings is 1. The standard InChI is InChI=1S/C15H17F3N2O2S/c1-10(21)20-9-23-8-13(20)14(22)19-7-6-11-2-4-12(5-3-11)15(16,17)18/h2-5,13H,6-9H2,1H3,(H,19,22). The summed E-state index contributed by atoms with van der Waals surface area (Å²) in [5.41, 5.74) is 0.0212. The molecule has 1 N–H and O–H groups in total. The fourth-order valence-electron chi connectivity index (χ4n) is 2.28. The summed E-state index contributed by atoms with van der Waals surface area (Å²) >= 11 is 1.52. The van der Waals surface area contributed by atoms with Crippen LogP contribution in [0.5, 0.6) is 0 Å². The maximum atomic E-state index is 12.5. The van der Waals surface area contributed by atoms with Crippen LogP contribution >= 0.6 is 11.8 Å². The summed E-state index contributed by atoms with van der Waals surface area (Å²) < 4.78 is 37.4. The molecule has 8 heteroatoms. The molecule has 0 radical (unpaired) electrons. The van der Waals surface area contributed by atoms with Crippen LogP contribution in [0.4, 0.5) is 13.2 Å². The summed E-state index contributed by atoms with van der Waals surface area (Å²) in [5.74, 6) is 0.702. The zero-order chi connectivity index (χ0) is 17.0. The van der Waals surface area contributed by atoms with Crippen LogP contribution in [-0.2, 0) is 22.2 Å². The van der Waals surface area contributed by atoms with E-state index in [2.05, 4.69) is 5.32 Å². The molecular weight excluding hydrogens is 329 g/mol. The molecule has 0 bridgehead atoms. The third-order valence-electron chi connectivity index (χ3n) is 3.58. The SMILES string of the molecule is CC(=O)N1CSCC1C(=O)NCCc1ccc(C(F)(F)F)cc1. The highest BCUT2D eigenvalue weighted by atomic mass is 32.2. The predicted octanol–water partition coefficient (Wildman–Crippen LogP) is 2.29. The number of carbonyl (C=O) groups excluding carboxylic acids is 2. The molecule has 1 aromatic rings. The molecule has 4 nitrogen and oxygen atoms in total. The molecule has 2 amide bonds. The van der Waals surface area contributed by atoms with Gasteiger partial charge in [0.15, 0.2) is 0 Å². The lowest BCUT2D eigenvalue weighted by Gasteiger charge is -2.21. The number of nitrogens with zero attached hydrogens (tertiary/aromatic N) is 1. The van der Waals surface area contributed by atoms with E-state index in [0.29, 0.717) is 30.2 Å². The monoisotopic (exact) mass is 346 g/mol. The zero-order valence-electron chi connectivity index (χ0n) is 12.5. The van der Waals surface area contributed by atoms with Crippen molar-refractivity contribution < 1.29 is 22.8 Å². The van der Waals surface area contributed by atoms with Gasteiger partial charge >= 0.3 is 6.18 Å². The van der Waals surface area contributed by atoms with Crippen molar-refractivity contribution in [3.63, 3.8) is 0 Å². The first-order chi connectivity index (χ1) is 10.8. The van der Waals surface area contributed by atoms with Crippen molar-refractivity contribution in [3.05, 3.63) is 35.4 Å². The highest BCUT2D eigenvalue weighted by molar-refractivity contribution is 7.99. The number of alkyl halides is 3. The Morgan fingerprint density at radius 1 is 1.30 bits per heavy atom. The van der Waals surface area contributed by atoms with Crippen LogP contribution in [0, 0.1) is 0 Å². The Bertz CT molecular complexity index is 575. The Morgan fingerprint density at radius 2 is 1.96 bits per heavy atom. The molecule has 2 rings (SSSR count). The average Bonchev–Trinajstić information content (AvgIpc) is 2.96. The van der Waals surface area contributed by atoms with Crippen LogP contribution < -0.4 is 5.32 Å². The van der Waals surface area contributed by atoms with Crippen molar-refractivity contribution in [2.24, 2.45) is 0 Å². The summed E-state index contributed by atoms with van der Waals surface area (Å²) in [5, 5.41) is 2.73. The Labute approximate surface area is 136 Å². The lowest BCUT2D eigenvalue weighted by atomic mass is 10.1. The largest absolute Gasteiger partial charge is 0.416 e. The summed E-state index contributed by atoms with van der Waals surface area (Å²) in [6, 6.07) is 4.40. The Kier molecular flexibility index (Phi) is 5.56. The van der Waals surface area contributed by atoms with Gasteiger partial charge in [0.1, 0.15) is 6.04 Å². The number of rotatable bonds is 4. The van der Waals surface area contributed by atoms with Crippen molar-refractivity contribution in [2.45, 2.75) is 25.6 Å². The van der Waals surface area contributed by atoms with Gasteiger partial charge in [-0.15, -0.1) is 11.8 Å². The van der Waals surface area contributed by atoms with E-state index < -0.39 is 17.8 Å². The summed E-state index contributed by atoms with van der Waals surface area (Å²) in [6.45, 7) is 1.74. The second-order valence-corrected chi connectivity index (χ2v) is 6.24. The van der Waals surface area contributed by atoms with Crippen LogP contribution in [0.25, 0.3) is 0 Å². The Balaban J connectivity index is 1.83. The van der Waals surface area contributed by atoms with Gasteiger partial charge in [-0.3, -0.25) is 9.59 Å². The molecule has 0 spiro atoms. The lowest BCUT2D eigenvalue weighted by Crippen LogP contribution is -2.46. The van der Waals surface area contributed by atoms with Gasteiger partial charge in [-0.25, -0.2) is 0 Å². The molecule has 1 aliphatic rings. The van der Waals surface area contributed by atoms with Crippen LogP contribution in [0.15, 0.2) is 24.3 Å². The quantitative estimate of drug-likeness (QED) is 0.910. The van der Waals surface area contributed by atoms with Crippen molar-refractivity contribution in [2.75, 3.05) is 18.2 Å². The van der Waals surface area contributed by atoms with E-state index in [-0.39, 0.29) is 11.8 Å². The van der Waals surface area contributed by atoms with Gasteiger partial charge in [0.05, 0.1) is 11.4 Å². The zero-order valence-corrected chi connectivity index (χ0v) is 13.3. The minimum absolute atomic E-state index is 0.141. The number of nitrogens with one attached hydrogen (secondary N) is 1.